The van der Waals surface area contributed by atoms with Crippen LogP contribution in [-0.2, 0) is 13.1 Å². The molecule has 3 rings (SSSR count). The van der Waals surface area contributed by atoms with Crippen molar-refractivity contribution in [1.82, 2.24) is 14.9 Å². The highest BCUT2D eigenvalue weighted by atomic mass is 16.2. The van der Waals surface area contributed by atoms with E-state index >= 15 is 0 Å². The van der Waals surface area contributed by atoms with Crippen LogP contribution in [0.4, 0.5) is 10.5 Å². The molecule has 0 unspecified atom stereocenters. The first-order valence-corrected chi connectivity index (χ1v) is 7.73. The molecular weight excluding hydrogens is 288 g/mol. The summed E-state index contributed by atoms with van der Waals surface area (Å²) >= 11 is 0. The van der Waals surface area contributed by atoms with Crippen LogP contribution in [0.15, 0.2) is 48.5 Å². The van der Waals surface area contributed by atoms with Gasteiger partial charge in [0, 0.05) is 12.2 Å². The number of aryl methyl sites for hydroxylation is 2. The molecule has 23 heavy (non-hydrogen) atoms. The summed E-state index contributed by atoms with van der Waals surface area (Å²) in [6, 6.07) is 15.5. The Bertz CT molecular complexity index is 821. The molecule has 0 aliphatic carbocycles. The lowest BCUT2D eigenvalue weighted by atomic mass is 10.2. The summed E-state index contributed by atoms with van der Waals surface area (Å²) in [4.78, 5) is 16.6. The number of rotatable bonds is 4. The van der Waals surface area contributed by atoms with E-state index in [1.807, 2.05) is 55.5 Å². The fraction of sp³-hybridized carbons (Fsp3) is 0.222. The number of nitrogens with zero attached hydrogens (tertiary/aromatic N) is 2. The van der Waals surface area contributed by atoms with Gasteiger partial charge in [-0.05, 0) is 38.1 Å². The standard InChI is InChI=1S/C18H20N4O/c1-3-22-16-7-5-4-6-15(16)21-17(22)12-19-18(23)20-14-10-8-13(2)9-11-14/h4-11H,3,12H2,1-2H3,(H2,19,20,23). The van der Waals surface area contributed by atoms with Crippen LogP contribution >= 0.6 is 0 Å². The molecule has 0 bridgehead atoms. The number of hydrogen-bond donors (Lipinski definition) is 2. The fourth-order valence-electron chi connectivity index (χ4n) is 2.58. The highest BCUT2D eigenvalue weighted by Gasteiger charge is 2.10. The quantitative estimate of drug-likeness (QED) is 0.772. The predicted molar refractivity (Wildman–Crippen MR) is 92.4 cm³/mol. The minimum absolute atomic E-state index is 0.233. The Labute approximate surface area is 135 Å². The average Bonchev–Trinajstić information content (AvgIpc) is 2.92. The van der Waals surface area contributed by atoms with Gasteiger partial charge in [-0.2, -0.15) is 0 Å². The average molecular weight is 308 g/mol. The van der Waals surface area contributed by atoms with E-state index in [0.29, 0.717) is 6.54 Å². The van der Waals surface area contributed by atoms with Crippen LogP contribution in [0.3, 0.4) is 0 Å². The van der Waals surface area contributed by atoms with Crippen molar-refractivity contribution >= 4 is 22.8 Å². The number of hydrogen-bond acceptors (Lipinski definition) is 2. The van der Waals surface area contributed by atoms with Crippen molar-refractivity contribution in [1.29, 1.82) is 0 Å². The number of urea groups is 1. The monoisotopic (exact) mass is 308 g/mol. The van der Waals surface area contributed by atoms with Crippen molar-refractivity contribution in [2.75, 3.05) is 5.32 Å². The van der Waals surface area contributed by atoms with Crippen molar-refractivity contribution in [3.63, 3.8) is 0 Å². The van der Waals surface area contributed by atoms with Gasteiger partial charge in [-0.3, -0.25) is 0 Å². The SMILES string of the molecule is CCn1c(CNC(=O)Nc2ccc(C)cc2)nc2ccccc21. The molecule has 0 aliphatic rings. The second kappa shape index (κ2) is 6.52. The number of carbonyl (C=O) groups is 1. The number of fused-ring (bicyclic) bond motifs is 1. The molecule has 3 aromatic rings. The van der Waals surface area contributed by atoms with E-state index in [1.54, 1.807) is 0 Å². The Balaban J connectivity index is 1.68. The minimum atomic E-state index is -0.233. The van der Waals surface area contributed by atoms with Crippen LogP contribution in [0.25, 0.3) is 11.0 Å². The number of amides is 2. The minimum Gasteiger partial charge on any atom is -0.331 e. The molecule has 2 aromatic carbocycles. The molecule has 0 atom stereocenters. The molecule has 1 aromatic heterocycles. The molecule has 0 spiro atoms. The highest BCUT2D eigenvalue weighted by molar-refractivity contribution is 5.89. The third-order valence-electron chi connectivity index (χ3n) is 3.77. The molecule has 0 saturated heterocycles. The highest BCUT2D eigenvalue weighted by Crippen LogP contribution is 2.15. The molecular formula is C18H20N4O. The van der Waals surface area contributed by atoms with E-state index in [1.165, 1.54) is 0 Å². The molecule has 5 nitrogen and oxygen atoms in total. The third kappa shape index (κ3) is 3.34. The second-order valence-electron chi connectivity index (χ2n) is 5.43. The van der Waals surface area contributed by atoms with Gasteiger partial charge in [0.25, 0.3) is 0 Å². The molecule has 2 N–H and O–H groups in total. The number of imidazole rings is 1. The van der Waals surface area contributed by atoms with Crippen LogP contribution in [0.2, 0.25) is 0 Å². The molecule has 0 radical (unpaired) electrons. The summed E-state index contributed by atoms with van der Waals surface area (Å²) in [6.07, 6.45) is 0. The van der Waals surface area contributed by atoms with Gasteiger partial charge in [0.2, 0.25) is 0 Å². The van der Waals surface area contributed by atoms with E-state index in [2.05, 4.69) is 27.1 Å². The van der Waals surface area contributed by atoms with Crippen molar-refractivity contribution in [2.24, 2.45) is 0 Å². The van der Waals surface area contributed by atoms with Crippen LogP contribution in [-0.4, -0.2) is 15.6 Å². The topological polar surface area (TPSA) is 59.0 Å². The van der Waals surface area contributed by atoms with E-state index in [0.717, 1.165) is 34.7 Å². The lowest BCUT2D eigenvalue weighted by Crippen LogP contribution is -2.29. The van der Waals surface area contributed by atoms with Crippen LogP contribution < -0.4 is 10.6 Å². The Hall–Kier alpha value is -2.82. The molecule has 0 fully saturated rings. The lowest BCUT2D eigenvalue weighted by molar-refractivity contribution is 0.251. The first-order valence-electron chi connectivity index (χ1n) is 7.73. The van der Waals surface area contributed by atoms with Gasteiger partial charge in [0.1, 0.15) is 5.82 Å². The number of anilines is 1. The zero-order chi connectivity index (χ0) is 16.2. The maximum Gasteiger partial charge on any atom is 0.319 e. The van der Waals surface area contributed by atoms with Gasteiger partial charge in [-0.1, -0.05) is 29.8 Å². The molecule has 118 valence electrons. The van der Waals surface area contributed by atoms with Gasteiger partial charge in [-0.25, -0.2) is 9.78 Å². The summed E-state index contributed by atoms with van der Waals surface area (Å²) in [5, 5.41) is 5.69. The number of benzene rings is 2. The predicted octanol–water partition coefficient (Wildman–Crippen LogP) is 3.69. The van der Waals surface area contributed by atoms with E-state index in [-0.39, 0.29) is 6.03 Å². The summed E-state index contributed by atoms with van der Waals surface area (Å²) in [5.74, 6) is 0.854. The molecule has 2 amide bonds. The summed E-state index contributed by atoms with van der Waals surface area (Å²) < 4.78 is 2.11. The van der Waals surface area contributed by atoms with Crippen LogP contribution in [0.5, 0.6) is 0 Å². The summed E-state index contributed by atoms with van der Waals surface area (Å²) in [6.45, 7) is 5.29. The maximum atomic E-state index is 12.0. The van der Waals surface area contributed by atoms with Crippen molar-refractivity contribution in [3.05, 3.63) is 59.9 Å². The van der Waals surface area contributed by atoms with Gasteiger partial charge >= 0.3 is 6.03 Å². The van der Waals surface area contributed by atoms with Crippen molar-refractivity contribution in [3.8, 4) is 0 Å². The Morgan fingerprint density at radius 2 is 1.87 bits per heavy atom. The van der Waals surface area contributed by atoms with Gasteiger partial charge in [0.05, 0.1) is 17.6 Å². The molecule has 0 saturated carbocycles. The van der Waals surface area contributed by atoms with E-state index in [9.17, 15) is 4.79 Å². The number of nitrogens with one attached hydrogen (secondary N) is 2. The van der Waals surface area contributed by atoms with Crippen LogP contribution in [0.1, 0.15) is 18.3 Å². The van der Waals surface area contributed by atoms with E-state index in [4.69, 9.17) is 0 Å². The van der Waals surface area contributed by atoms with Gasteiger partial charge < -0.3 is 15.2 Å². The van der Waals surface area contributed by atoms with Crippen molar-refractivity contribution < 1.29 is 4.79 Å². The normalized spacial score (nSPS) is 10.7. The Kier molecular flexibility index (Phi) is 4.28. The number of para-hydroxylation sites is 2. The van der Waals surface area contributed by atoms with Crippen LogP contribution in [0, 0.1) is 6.92 Å². The van der Waals surface area contributed by atoms with E-state index < -0.39 is 0 Å². The largest absolute Gasteiger partial charge is 0.331 e. The second-order valence-corrected chi connectivity index (χ2v) is 5.43. The first-order chi connectivity index (χ1) is 11.2. The number of aromatic nitrogens is 2. The third-order valence-corrected chi connectivity index (χ3v) is 3.77. The zero-order valence-electron chi connectivity index (χ0n) is 13.3. The number of carbonyl (C=O) groups excluding carboxylic acids is 1. The van der Waals surface area contributed by atoms with Crippen molar-refractivity contribution in [2.45, 2.75) is 26.9 Å². The summed E-state index contributed by atoms with van der Waals surface area (Å²) in [5.41, 5.74) is 3.97. The zero-order valence-corrected chi connectivity index (χ0v) is 13.3. The molecule has 5 heteroatoms. The van der Waals surface area contributed by atoms with Gasteiger partial charge in [0.15, 0.2) is 0 Å². The first kappa shape index (κ1) is 15.1. The Morgan fingerprint density at radius 3 is 2.61 bits per heavy atom. The smallest absolute Gasteiger partial charge is 0.319 e. The fourth-order valence-corrected chi connectivity index (χ4v) is 2.58. The summed E-state index contributed by atoms with van der Waals surface area (Å²) in [7, 11) is 0. The maximum absolute atomic E-state index is 12.0. The molecule has 1 heterocycles. The molecule has 0 aliphatic heterocycles. The van der Waals surface area contributed by atoms with Gasteiger partial charge in [-0.15, -0.1) is 0 Å². The lowest BCUT2D eigenvalue weighted by Gasteiger charge is -2.09. The Morgan fingerprint density at radius 1 is 1.13 bits per heavy atom.